The summed E-state index contributed by atoms with van der Waals surface area (Å²) in [4.78, 5) is 22.2. The third kappa shape index (κ3) is 1.82. The Hall–Kier alpha value is -2.10. The van der Waals surface area contributed by atoms with Gasteiger partial charge in [-0.25, -0.2) is 4.79 Å². The van der Waals surface area contributed by atoms with E-state index in [1.165, 1.54) is 0 Å². The molecule has 0 aromatic heterocycles. The van der Waals surface area contributed by atoms with Crippen molar-refractivity contribution in [1.82, 2.24) is 5.32 Å². The fourth-order valence-corrected chi connectivity index (χ4v) is 1.74. The molecule has 16 heavy (non-hydrogen) atoms. The molecular weight excluding hydrogens is 206 g/mol. The minimum Gasteiger partial charge on any atom is -0.478 e. The number of hydrogen-bond acceptors (Lipinski definition) is 2. The van der Waals surface area contributed by atoms with Gasteiger partial charge in [0.05, 0.1) is 17.7 Å². The van der Waals surface area contributed by atoms with E-state index in [1.54, 1.807) is 6.07 Å². The molecule has 4 nitrogen and oxygen atoms in total. The van der Waals surface area contributed by atoms with Crippen LogP contribution < -0.4 is 5.32 Å². The smallest absolute Gasteiger partial charge is 0.334 e. The molecule has 1 aliphatic rings. The van der Waals surface area contributed by atoms with E-state index in [0.717, 1.165) is 11.1 Å². The van der Waals surface area contributed by atoms with E-state index in [-0.39, 0.29) is 17.9 Å². The molecular formula is C12H11NO3. The summed E-state index contributed by atoms with van der Waals surface area (Å²) in [5.41, 5.74) is 2.32. The van der Waals surface area contributed by atoms with Gasteiger partial charge in [0.1, 0.15) is 0 Å². The number of carbonyl (C=O) groups excluding carboxylic acids is 1. The minimum atomic E-state index is -1.05. The van der Waals surface area contributed by atoms with Gasteiger partial charge >= 0.3 is 5.97 Å². The number of amides is 1. The van der Waals surface area contributed by atoms with E-state index in [4.69, 9.17) is 5.11 Å². The van der Waals surface area contributed by atoms with Crippen LogP contribution in [0, 0.1) is 6.92 Å². The Morgan fingerprint density at radius 1 is 1.44 bits per heavy atom. The fraction of sp³-hybridized carbons (Fsp3) is 0.167. The largest absolute Gasteiger partial charge is 0.478 e. The van der Waals surface area contributed by atoms with Crippen LogP contribution in [0.5, 0.6) is 0 Å². The zero-order valence-electron chi connectivity index (χ0n) is 8.78. The van der Waals surface area contributed by atoms with Crippen molar-refractivity contribution < 1.29 is 14.7 Å². The summed E-state index contributed by atoms with van der Waals surface area (Å²) in [6.07, 6.45) is -0.0569. The highest BCUT2D eigenvalue weighted by Gasteiger charge is 2.26. The van der Waals surface area contributed by atoms with Gasteiger partial charge < -0.3 is 10.4 Å². The summed E-state index contributed by atoms with van der Waals surface area (Å²) < 4.78 is 0. The van der Waals surface area contributed by atoms with Crippen molar-refractivity contribution in [2.75, 3.05) is 0 Å². The van der Waals surface area contributed by atoms with E-state index in [0.29, 0.717) is 5.70 Å². The van der Waals surface area contributed by atoms with Gasteiger partial charge in [-0.2, -0.15) is 0 Å². The fourth-order valence-electron chi connectivity index (χ4n) is 1.74. The lowest BCUT2D eigenvalue weighted by molar-refractivity contribution is -0.133. The van der Waals surface area contributed by atoms with Crippen LogP contribution in [0.25, 0.3) is 5.70 Å². The van der Waals surface area contributed by atoms with Crippen LogP contribution in [0.15, 0.2) is 29.8 Å². The van der Waals surface area contributed by atoms with Gasteiger partial charge in [-0.05, 0) is 18.6 Å². The Bertz CT molecular complexity index is 503. The van der Waals surface area contributed by atoms with Crippen molar-refractivity contribution >= 4 is 17.6 Å². The molecule has 1 amide bonds. The van der Waals surface area contributed by atoms with Crippen molar-refractivity contribution in [2.45, 2.75) is 13.3 Å². The molecule has 0 spiro atoms. The van der Waals surface area contributed by atoms with Crippen LogP contribution >= 0.6 is 0 Å². The molecule has 0 bridgehead atoms. The first-order valence-electron chi connectivity index (χ1n) is 4.91. The Morgan fingerprint density at radius 3 is 2.81 bits per heavy atom. The number of rotatable bonds is 2. The highest BCUT2D eigenvalue weighted by molar-refractivity contribution is 6.08. The highest BCUT2D eigenvalue weighted by atomic mass is 16.4. The van der Waals surface area contributed by atoms with Gasteiger partial charge in [0.2, 0.25) is 5.91 Å². The maximum atomic E-state index is 11.2. The molecule has 1 aromatic rings. The summed E-state index contributed by atoms with van der Waals surface area (Å²) in [7, 11) is 0. The molecule has 2 rings (SSSR count). The Balaban J connectivity index is 2.49. The average Bonchev–Trinajstić information content (AvgIpc) is 2.60. The highest BCUT2D eigenvalue weighted by Crippen LogP contribution is 2.24. The van der Waals surface area contributed by atoms with Gasteiger partial charge in [-0.15, -0.1) is 0 Å². The van der Waals surface area contributed by atoms with Gasteiger partial charge in [0.25, 0.3) is 0 Å². The van der Waals surface area contributed by atoms with Crippen LogP contribution in [-0.2, 0) is 9.59 Å². The maximum Gasteiger partial charge on any atom is 0.334 e. The van der Waals surface area contributed by atoms with Crippen molar-refractivity contribution in [1.29, 1.82) is 0 Å². The molecule has 0 saturated heterocycles. The van der Waals surface area contributed by atoms with Crippen LogP contribution in [0.2, 0.25) is 0 Å². The van der Waals surface area contributed by atoms with Gasteiger partial charge in [0.15, 0.2) is 0 Å². The predicted molar refractivity (Wildman–Crippen MR) is 58.5 cm³/mol. The number of hydrogen-bond donors (Lipinski definition) is 2. The van der Waals surface area contributed by atoms with Crippen molar-refractivity contribution in [3.05, 3.63) is 41.0 Å². The third-order valence-corrected chi connectivity index (χ3v) is 2.47. The van der Waals surface area contributed by atoms with Crippen LogP contribution in [0.4, 0.5) is 0 Å². The number of aryl methyl sites for hydroxylation is 1. The van der Waals surface area contributed by atoms with E-state index in [1.807, 2.05) is 25.1 Å². The molecule has 1 aromatic carbocycles. The van der Waals surface area contributed by atoms with Crippen LogP contribution in [-0.4, -0.2) is 17.0 Å². The summed E-state index contributed by atoms with van der Waals surface area (Å²) in [5.74, 6) is -1.32. The molecule has 0 unspecified atom stereocenters. The number of carbonyl (C=O) groups is 2. The molecule has 0 fully saturated rings. The van der Waals surface area contributed by atoms with Crippen LogP contribution in [0.1, 0.15) is 17.5 Å². The van der Waals surface area contributed by atoms with Crippen molar-refractivity contribution in [3.8, 4) is 0 Å². The van der Waals surface area contributed by atoms with E-state index in [9.17, 15) is 9.59 Å². The normalized spacial score (nSPS) is 15.2. The SMILES string of the molecule is Cc1cccc(C2=C(C(=O)O)CC(=O)N2)c1. The zero-order chi connectivity index (χ0) is 11.7. The molecule has 0 aliphatic carbocycles. The van der Waals surface area contributed by atoms with E-state index >= 15 is 0 Å². The number of aliphatic carboxylic acids is 1. The monoisotopic (exact) mass is 217 g/mol. The van der Waals surface area contributed by atoms with E-state index < -0.39 is 5.97 Å². The summed E-state index contributed by atoms with van der Waals surface area (Å²) in [5, 5.41) is 11.6. The molecule has 0 saturated carbocycles. The Morgan fingerprint density at radius 2 is 2.19 bits per heavy atom. The lowest BCUT2D eigenvalue weighted by Gasteiger charge is -2.05. The second-order valence-electron chi connectivity index (χ2n) is 3.75. The maximum absolute atomic E-state index is 11.2. The Kier molecular flexibility index (Phi) is 2.48. The second-order valence-corrected chi connectivity index (χ2v) is 3.75. The quantitative estimate of drug-likeness (QED) is 0.784. The topological polar surface area (TPSA) is 66.4 Å². The first-order valence-corrected chi connectivity index (χ1v) is 4.91. The van der Waals surface area contributed by atoms with Crippen molar-refractivity contribution in [3.63, 3.8) is 0 Å². The average molecular weight is 217 g/mol. The summed E-state index contributed by atoms with van der Waals surface area (Å²) in [6.45, 7) is 1.92. The standard InChI is InChI=1S/C12H11NO3/c1-7-3-2-4-8(5-7)11-9(12(15)16)6-10(14)13-11/h2-5H,6H2,1H3,(H,13,14)(H,15,16). The lowest BCUT2D eigenvalue weighted by atomic mass is 10.1. The summed E-state index contributed by atoms with van der Waals surface area (Å²) >= 11 is 0. The molecule has 2 N–H and O–H groups in total. The Labute approximate surface area is 92.6 Å². The third-order valence-electron chi connectivity index (χ3n) is 2.47. The number of carboxylic acid groups (broad SMARTS) is 1. The van der Waals surface area contributed by atoms with Crippen LogP contribution in [0.3, 0.4) is 0 Å². The van der Waals surface area contributed by atoms with E-state index in [2.05, 4.69) is 5.32 Å². The number of benzene rings is 1. The molecule has 1 heterocycles. The molecule has 1 aliphatic heterocycles. The first-order chi connectivity index (χ1) is 7.58. The summed E-state index contributed by atoms with van der Waals surface area (Å²) in [6, 6.07) is 7.39. The van der Waals surface area contributed by atoms with Gasteiger partial charge in [-0.3, -0.25) is 4.79 Å². The number of nitrogens with one attached hydrogen (secondary N) is 1. The minimum absolute atomic E-state index is 0.0569. The van der Waals surface area contributed by atoms with Crippen molar-refractivity contribution in [2.24, 2.45) is 0 Å². The number of carboxylic acids is 1. The van der Waals surface area contributed by atoms with Gasteiger partial charge in [-0.1, -0.05) is 23.8 Å². The molecule has 0 atom stereocenters. The zero-order valence-corrected chi connectivity index (χ0v) is 8.78. The molecule has 0 radical (unpaired) electrons. The lowest BCUT2D eigenvalue weighted by Crippen LogP contribution is -2.14. The second kappa shape index (κ2) is 3.81. The first kappa shape index (κ1) is 10.4. The van der Waals surface area contributed by atoms with Gasteiger partial charge in [0, 0.05) is 0 Å². The molecule has 82 valence electrons. The predicted octanol–water partition coefficient (Wildman–Crippen LogP) is 1.31. The molecule has 4 heteroatoms.